The van der Waals surface area contributed by atoms with Crippen LogP contribution in [-0.4, -0.2) is 96.7 Å². The van der Waals surface area contributed by atoms with Crippen molar-refractivity contribution < 1.29 is 80.2 Å². The van der Waals surface area contributed by atoms with Gasteiger partial charge < -0.3 is 33.8 Å². The second-order valence-electron chi connectivity index (χ2n) is 28.8. The van der Waals surface area contributed by atoms with Gasteiger partial charge >= 0.3 is 39.5 Å². The van der Waals surface area contributed by atoms with Gasteiger partial charge in [-0.1, -0.05) is 381 Å². The Bertz CT molecular complexity index is 1880. The molecule has 17 nitrogen and oxygen atoms in total. The number of esters is 4. The van der Waals surface area contributed by atoms with E-state index in [9.17, 15) is 43.2 Å². The van der Waals surface area contributed by atoms with Crippen molar-refractivity contribution in [2.75, 3.05) is 39.6 Å². The predicted octanol–water partition coefficient (Wildman–Crippen LogP) is 24.2. The highest BCUT2D eigenvalue weighted by atomic mass is 31.2. The Labute approximate surface area is 607 Å². The molecular weight excluding hydrogens is 1290 g/mol. The third-order valence-corrected chi connectivity index (χ3v) is 20.8. The summed E-state index contributed by atoms with van der Waals surface area (Å²) >= 11 is 0. The largest absolute Gasteiger partial charge is 0.472 e. The topological polar surface area (TPSA) is 237 Å². The third-order valence-electron chi connectivity index (χ3n) is 18.9. The Morgan fingerprint density at radius 2 is 0.404 bits per heavy atom. The SMILES string of the molecule is CCCCCCCCCCCCCCCCCCCCC(=O)O[C@H](COC(=O)CCCCCCCCCCCCCCCCCCC)COP(=O)(O)OC[C@@H](O)COP(=O)(O)OC[C@@H](COC(=O)CCCCCCCCCCCCCC)OC(=O)CCCCCCCCCCCCCC. The van der Waals surface area contributed by atoms with Gasteiger partial charge in [-0.3, -0.25) is 37.3 Å². The molecule has 0 aromatic rings. The number of carbonyl (C=O) groups excluding carboxylic acids is 4. The molecule has 0 aromatic carbocycles. The van der Waals surface area contributed by atoms with E-state index in [4.69, 9.17) is 37.0 Å². The van der Waals surface area contributed by atoms with E-state index in [1.807, 2.05) is 0 Å². The van der Waals surface area contributed by atoms with Crippen molar-refractivity contribution in [1.29, 1.82) is 0 Å². The molecule has 0 rings (SSSR count). The molecule has 0 saturated carbocycles. The van der Waals surface area contributed by atoms with E-state index in [-0.39, 0.29) is 25.7 Å². The molecule has 0 radical (unpaired) electrons. The first-order chi connectivity index (χ1) is 48.2. The molecule has 0 aliphatic rings. The summed E-state index contributed by atoms with van der Waals surface area (Å²) in [7, 11) is -9.91. The minimum absolute atomic E-state index is 0.108. The van der Waals surface area contributed by atoms with Gasteiger partial charge in [0.1, 0.15) is 19.3 Å². The molecule has 588 valence electrons. The summed E-state index contributed by atoms with van der Waals surface area (Å²) in [6.07, 6.45) is 66.4. The fourth-order valence-electron chi connectivity index (χ4n) is 12.5. The summed E-state index contributed by atoms with van der Waals surface area (Å²) in [6.45, 7) is 5.02. The number of aliphatic hydroxyl groups is 1. The molecule has 2 unspecified atom stereocenters. The van der Waals surface area contributed by atoms with Crippen LogP contribution in [0.3, 0.4) is 0 Å². The van der Waals surface area contributed by atoms with Gasteiger partial charge in [0.2, 0.25) is 0 Å². The molecule has 0 fully saturated rings. The number of phosphoric acid groups is 2. The average molecular weight is 1450 g/mol. The van der Waals surface area contributed by atoms with Crippen LogP contribution >= 0.6 is 15.6 Å². The van der Waals surface area contributed by atoms with Crippen LogP contribution in [0.4, 0.5) is 0 Å². The molecule has 5 atom stereocenters. The maximum atomic E-state index is 13.1. The van der Waals surface area contributed by atoms with E-state index >= 15 is 0 Å². The molecule has 3 N–H and O–H groups in total. The van der Waals surface area contributed by atoms with Crippen LogP contribution < -0.4 is 0 Å². The molecule has 0 heterocycles. The summed E-state index contributed by atoms with van der Waals surface area (Å²) in [5, 5.41) is 10.6. The van der Waals surface area contributed by atoms with Gasteiger partial charge in [0.05, 0.1) is 26.4 Å². The minimum atomic E-state index is -4.96. The number of aliphatic hydroxyl groups excluding tert-OH is 1. The standard InChI is InChI=1S/C80H156O17P2/c1-5-9-13-17-21-25-29-33-35-37-39-41-43-47-51-55-59-63-67-80(85)97-76(71-91-78(83)65-61-57-53-49-46-42-40-38-36-34-30-26-22-18-14-10-6-2)73-95-99(88,89)93-69-74(81)68-92-98(86,87)94-72-75(96-79(84)66-62-58-54-50-45-32-28-24-20-16-12-8-4)70-90-77(82)64-60-56-52-48-44-31-27-23-19-15-11-7-3/h74-76,81H,5-73H2,1-4H3,(H,86,87)(H,88,89)/t74-,75+,76+/m0/s1. The predicted molar refractivity (Wildman–Crippen MR) is 405 cm³/mol. The van der Waals surface area contributed by atoms with Crippen molar-refractivity contribution >= 4 is 39.5 Å². The Balaban J connectivity index is 5.24. The van der Waals surface area contributed by atoms with Gasteiger partial charge in [-0.05, 0) is 25.7 Å². The second kappa shape index (κ2) is 74.3. The highest BCUT2D eigenvalue weighted by Gasteiger charge is 2.30. The van der Waals surface area contributed by atoms with Crippen LogP contribution in [0.1, 0.15) is 432 Å². The second-order valence-corrected chi connectivity index (χ2v) is 31.7. The van der Waals surface area contributed by atoms with Gasteiger partial charge in [0, 0.05) is 25.7 Å². The Kier molecular flexibility index (Phi) is 72.9. The zero-order valence-corrected chi connectivity index (χ0v) is 66.3. The Morgan fingerprint density at radius 3 is 0.596 bits per heavy atom. The normalized spacial score (nSPS) is 13.8. The van der Waals surface area contributed by atoms with Gasteiger partial charge in [-0.2, -0.15) is 0 Å². The Hall–Kier alpha value is -1.94. The van der Waals surface area contributed by atoms with Crippen molar-refractivity contribution in [3.8, 4) is 0 Å². The summed E-state index contributed by atoms with van der Waals surface area (Å²) in [5.74, 6) is -2.10. The van der Waals surface area contributed by atoms with E-state index < -0.39 is 97.5 Å². The van der Waals surface area contributed by atoms with E-state index in [1.165, 1.54) is 263 Å². The van der Waals surface area contributed by atoms with Crippen molar-refractivity contribution in [1.82, 2.24) is 0 Å². The monoisotopic (exact) mass is 1450 g/mol. The maximum Gasteiger partial charge on any atom is 0.472 e. The van der Waals surface area contributed by atoms with E-state index in [1.54, 1.807) is 0 Å². The number of rotatable bonds is 81. The van der Waals surface area contributed by atoms with Crippen LogP contribution in [0.15, 0.2) is 0 Å². The first-order valence-electron chi connectivity index (χ1n) is 41.8. The first kappa shape index (κ1) is 97.1. The molecule has 0 saturated heterocycles. The molecule has 0 aromatic heterocycles. The highest BCUT2D eigenvalue weighted by molar-refractivity contribution is 7.47. The zero-order chi connectivity index (χ0) is 72.5. The van der Waals surface area contributed by atoms with E-state index in [0.717, 1.165) is 89.9 Å². The van der Waals surface area contributed by atoms with Gasteiger partial charge in [0.15, 0.2) is 12.2 Å². The number of carbonyl (C=O) groups is 4. The van der Waals surface area contributed by atoms with Crippen LogP contribution in [0.2, 0.25) is 0 Å². The Morgan fingerprint density at radius 1 is 0.242 bits per heavy atom. The molecule has 0 aliphatic carbocycles. The summed E-state index contributed by atoms with van der Waals surface area (Å²) in [4.78, 5) is 73.0. The van der Waals surface area contributed by atoms with Gasteiger partial charge in [-0.25, -0.2) is 9.13 Å². The number of phosphoric ester groups is 2. The average Bonchev–Trinajstić information content (AvgIpc) is 1.07. The van der Waals surface area contributed by atoms with Gasteiger partial charge in [-0.15, -0.1) is 0 Å². The fourth-order valence-corrected chi connectivity index (χ4v) is 14.0. The fraction of sp³-hybridized carbons (Fsp3) is 0.950. The summed E-state index contributed by atoms with van der Waals surface area (Å²) in [5.41, 5.74) is 0. The van der Waals surface area contributed by atoms with Crippen molar-refractivity contribution in [3.05, 3.63) is 0 Å². The number of unbranched alkanes of at least 4 members (excludes halogenated alkanes) is 55. The third kappa shape index (κ3) is 74.1. The molecule has 0 amide bonds. The lowest BCUT2D eigenvalue weighted by Crippen LogP contribution is -2.30. The van der Waals surface area contributed by atoms with E-state index in [0.29, 0.717) is 25.7 Å². The lowest BCUT2D eigenvalue weighted by atomic mass is 10.0. The van der Waals surface area contributed by atoms with Crippen molar-refractivity contribution in [3.63, 3.8) is 0 Å². The zero-order valence-electron chi connectivity index (χ0n) is 64.5. The van der Waals surface area contributed by atoms with Crippen LogP contribution in [0.5, 0.6) is 0 Å². The lowest BCUT2D eigenvalue weighted by molar-refractivity contribution is -0.161. The van der Waals surface area contributed by atoms with Crippen LogP contribution in [-0.2, 0) is 65.4 Å². The first-order valence-corrected chi connectivity index (χ1v) is 44.8. The maximum absolute atomic E-state index is 13.1. The van der Waals surface area contributed by atoms with Gasteiger partial charge in [0.25, 0.3) is 0 Å². The molecular formula is C80H156O17P2. The van der Waals surface area contributed by atoms with Crippen LogP contribution in [0, 0.1) is 0 Å². The molecule has 19 heteroatoms. The molecule has 0 bridgehead atoms. The van der Waals surface area contributed by atoms with Crippen LogP contribution in [0.25, 0.3) is 0 Å². The van der Waals surface area contributed by atoms with Crippen molar-refractivity contribution in [2.24, 2.45) is 0 Å². The summed E-state index contributed by atoms with van der Waals surface area (Å²) in [6, 6.07) is 0. The molecule has 0 spiro atoms. The molecule has 99 heavy (non-hydrogen) atoms. The quantitative estimate of drug-likeness (QED) is 0.0222. The highest BCUT2D eigenvalue weighted by Crippen LogP contribution is 2.45. The minimum Gasteiger partial charge on any atom is -0.462 e. The summed E-state index contributed by atoms with van der Waals surface area (Å²) < 4.78 is 68.7. The number of hydrogen-bond donors (Lipinski definition) is 3. The number of hydrogen-bond acceptors (Lipinski definition) is 15. The van der Waals surface area contributed by atoms with E-state index in [2.05, 4.69) is 27.7 Å². The lowest BCUT2D eigenvalue weighted by Gasteiger charge is -2.21. The molecule has 0 aliphatic heterocycles. The number of ether oxygens (including phenoxy) is 4. The van der Waals surface area contributed by atoms with Crippen molar-refractivity contribution in [2.45, 2.75) is 451 Å². The smallest absolute Gasteiger partial charge is 0.462 e.